The van der Waals surface area contributed by atoms with Crippen LogP contribution in [0.2, 0.25) is 0 Å². The van der Waals surface area contributed by atoms with Crippen LogP contribution in [0.5, 0.6) is 0 Å². The molecule has 0 spiro atoms. The predicted molar refractivity (Wildman–Crippen MR) is 50.0 cm³/mol. The first-order valence-electron chi connectivity index (χ1n) is 5.05. The molecule has 0 radical (unpaired) electrons. The third-order valence-corrected chi connectivity index (χ3v) is 2.51. The highest BCUT2D eigenvalue weighted by atomic mass is 16.5. The third kappa shape index (κ3) is 2.43. The van der Waals surface area contributed by atoms with Crippen molar-refractivity contribution in [2.24, 2.45) is 0 Å². The molecule has 2 N–H and O–H groups in total. The minimum absolute atomic E-state index is 0.0280. The molecule has 2 heterocycles. The van der Waals surface area contributed by atoms with E-state index in [1.54, 1.807) is 0 Å². The maximum atomic E-state index is 11.6. The van der Waals surface area contributed by atoms with Crippen LogP contribution in [0.4, 0.5) is 0 Å². The summed E-state index contributed by atoms with van der Waals surface area (Å²) in [5.74, 6) is 0.0280. The summed E-state index contributed by atoms with van der Waals surface area (Å²) in [5.41, 5.74) is 0. The lowest BCUT2D eigenvalue weighted by molar-refractivity contribution is -0.126. The third-order valence-electron chi connectivity index (χ3n) is 2.51. The topological polar surface area (TPSA) is 59.6 Å². The van der Waals surface area contributed by atoms with Crippen LogP contribution in [0.15, 0.2) is 0 Å². The fourth-order valence-electron chi connectivity index (χ4n) is 1.68. The molecule has 2 saturated heterocycles. The minimum atomic E-state index is -0.190. The van der Waals surface area contributed by atoms with Crippen LogP contribution >= 0.6 is 0 Å². The average molecular weight is 200 g/mol. The fourth-order valence-corrected chi connectivity index (χ4v) is 1.68. The highest BCUT2D eigenvalue weighted by Gasteiger charge is 2.25. The standard InChI is InChI=1S/C9H16N2O3/c12-9(8-6-14-4-2-10-8)11-7-1-3-13-5-7/h7-8,10H,1-6H2,(H,11,12). The molecule has 1 amide bonds. The number of ether oxygens (including phenoxy) is 2. The zero-order valence-electron chi connectivity index (χ0n) is 8.12. The van der Waals surface area contributed by atoms with Crippen molar-refractivity contribution in [3.8, 4) is 0 Å². The average Bonchev–Trinajstić information content (AvgIpc) is 2.72. The van der Waals surface area contributed by atoms with Crippen molar-refractivity contribution in [1.29, 1.82) is 0 Å². The number of rotatable bonds is 2. The predicted octanol–water partition coefficient (Wildman–Crippen LogP) is -1.12. The molecule has 2 rings (SSSR count). The van der Waals surface area contributed by atoms with Gasteiger partial charge in [0.05, 0.1) is 25.9 Å². The van der Waals surface area contributed by atoms with E-state index in [0.29, 0.717) is 19.8 Å². The summed E-state index contributed by atoms with van der Waals surface area (Å²) in [6, 6.07) is -0.00410. The van der Waals surface area contributed by atoms with E-state index in [0.717, 1.165) is 19.6 Å². The normalized spacial score (nSPS) is 32.9. The van der Waals surface area contributed by atoms with Gasteiger partial charge in [0.25, 0.3) is 0 Å². The number of hydrogen-bond donors (Lipinski definition) is 2. The van der Waals surface area contributed by atoms with Gasteiger partial charge in [0.1, 0.15) is 6.04 Å². The Morgan fingerprint density at radius 2 is 2.14 bits per heavy atom. The molecule has 2 aliphatic rings. The summed E-state index contributed by atoms with van der Waals surface area (Å²) < 4.78 is 10.4. The molecule has 0 bridgehead atoms. The fraction of sp³-hybridized carbons (Fsp3) is 0.889. The van der Waals surface area contributed by atoms with Gasteiger partial charge in [-0.15, -0.1) is 0 Å². The van der Waals surface area contributed by atoms with E-state index in [1.165, 1.54) is 0 Å². The van der Waals surface area contributed by atoms with Crippen molar-refractivity contribution < 1.29 is 14.3 Å². The molecule has 0 aromatic heterocycles. The Bertz CT molecular complexity index is 198. The van der Waals surface area contributed by atoms with Crippen molar-refractivity contribution >= 4 is 5.91 Å². The highest BCUT2D eigenvalue weighted by Crippen LogP contribution is 2.04. The van der Waals surface area contributed by atoms with Gasteiger partial charge in [-0.05, 0) is 6.42 Å². The monoisotopic (exact) mass is 200 g/mol. The van der Waals surface area contributed by atoms with Gasteiger partial charge in [0.15, 0.2) is 0 Å². The van der Waals surface area contributed by atoms with E-state index in [9.17, 15) is 4.79 Å². The molecule has 5 nitrogen and oxygen atoms in total. The van der Waals surface area contributed by atoms with Gasteiger partial charge in [-0.25, -0.2) is 0 Å². The molecule has 14 heavy (non-hydrogen) atoms. The maximum Gasteiger partial charge on any atom is 0.239 e. The van der Waals surface area contributed by atoms with Crippen molar-refractivity contribution in [2.75, 3.05) is 33.0 Å². The molecule has 0 aliphatic carbocycles. The van der Waals surface area contributed by atoms with Gasteiger partial charge in [-0.3, -0.25) is 4.79 Å². The van der Waals surface area contributed by atoms with Crippen LogP contribution in [0, 0.1) is 0 Å². The van der Waals surface area contributed by atoms with Gasteiger partial charge in [0.2, 0.25) is 5.91 Å². The summed E-state index contributed by atoms with van der Waals surface area (Å²) in [6.07, 6.45) is 0.916. The second kappa shape index (κ2) is 4.72. The van der Waals surface area contributed by atoms with Gasteiger partial charge in [-0.1, -0.05) is 0 Å². The molecule has 0 aromatic carbocycles. The molecular weight excluding hydrogens is 184 g/mol. The van der Waals surface area contributed by atoms with Crippen LogP contribution in [0.25, 0.3) is 0 Å². The smallest absolute Gasteiger partial charge is 0.239 e. The zero-order valence-corrected chi connectivity index (χ0v) is 8.12. The molecule has 2 aliphatic heterocycles. The Kier molecular flexibility index (Phi) is 3.34. The quantitative estimate of drug-likeness (QED) is 0.593. The van der Waals surface area contributed by atoms with Gasteiger partial charge in [-0.2, -0.15) is 0 Å². The van der Waals surface area contributed by atoms with E-state index < -0.39 is 0 Å². The maximum absolute atomic E-state index is 11.6. The Morgan fingerprint density at radius 3 is 2.79 bits per heavy atom. The van der Waals surface area contributed by atoms with Gasteiger partial charge >= 0.3 is 0 Å². The first-order valence-corrected chi connectivity index (χ1v) is 5.05. The lowest BCUT2D eigenvalue weighted by Gasteiger charge is -2.24. The molecular formula is C9H16N2O3. The van der Waals surface area contributed by atoms with Crippen LogP contribution in [0.1, 0.15) is 6.42 Å². The number of nitrogens with one attached hydrogen (secondary N) is 2. The van der Waals surface area contributed by atoms with Gasteiger partial charge in [0, 0.05) is 13.2 Å². The van der Waals surface area contributed by atoms with E-state index in [1.807, 2.05) is 0 Å². The Labute approximate surface area is 83.1 Å². The van der Waals surface area contributed by atoms with E-state index in [-0.39, 0.29) is 18.0 Å². The second-order valence-electron chi connectivity index (χ2n) is 3.65. The van der Waals surface area contributed by atoms with Crippen LogP contribution in [0.3, 0.4) is 0 Å². The summed E-state index contributed by atoms with van der Waals surface area (Å²) in [4.78, 5) is 11.6. The largest absolute Gasteiger partial charge is 0.379 e. The van der Waals surface area contributed by atoms with E-state index >= 15 is 0 Å². The van der Waals surface area contributed by atoms with Gasteiger partial charge < -0.3 is 20.1 Å². The SMILES string of the molecule is O=C(NC1CCOC1)C1COCCN1. The minimum Gasteiger partial charge on any atom is -0.379 e. The summed E-state index contributed by atoms with van der Waals surface area (Å²) in [6.45, 7) is 3.30. The van der Waals surface area contributed by atoms with Crippen LogP contribution < -0.4 is 10.6 Å². The lowest BCUT2D eigenvalue weighted by atomic mass is 10.2. The van der Waals surface area contributed by atoms with Crippen molar-refractivity contribution in [3.05, 3.63) is 0 Å². The molecule has 0 saturated carbocycles. The van der Waals surface area contributed by atoms with Crippen molar-refractivity contribution in [2.45, 2.75) is 18.5 Å². The van der Waals surface area contributed by atoms with Crippen LogP contribution in [-0.2, 0) is 14.3 Å². The Hall–Kier alpha value is -0.650. The number of carbonyl (C=O) groups is 1. The molecule has 2 unspecified atom stereocenters. The molecule has 80 valence electrons. The first kappa shape index (κ1) is 9.89. The van der Waals surface area contributed by atoms with E-state index in [2.05, 4.69) is 10.6 Å². The summed E-state index contributed by atoms with van der Waals surface area (Å²) in [5, 5.41) is 6.06. The number of amides is 1. The number of hydrogen-bond acceptors (Lipinski definition) is 4. The number of carbonyl (C=O) groups excluding carboxylic acids is 1. The molecule has 2 fully saturated rings. The zero-order chi connectivity index (χ0) is 9.80. The van der Waals surface area contributed by atoms with Crippen molar-refractivity contribution in [1.82, 2.24) is 10.6 Å². The highest BCUT2D eigenvalue weighted by molar-refractivity contribution is 5.82. The van der Waals surface area contributed by atoms with Crippen LogP contribution in [-0.4, -0.2) is 51.0 Å². The van der Waals surface area contributed by atoms with Crippen molar-refractivity contribution in [3.63, 3.8) is 0 Å². The second-order valence-corrected chi connectivity index (χ2v) is 3.65. The molecule has 5 heteroatoms. The first-order chi connectivity index (χ1) is 6.86. The molecule has 0 aromatic rings. The number of morpholine rings is 1. The molecule has 2 atom stereocenters. The lowest BCUT2D eigenvalue weighted by Crippen LogP contribution is -2.53. The summed E-state index contributed by atoms with van der Waals surface area (Å²) in [7, 11) is 0. The summed E-state index contributed by atoms with van der Waals surface area (Å²) >= 11 is 0. The Balaban J connectivity index is 1.75. The van der Waals surface area contributed by atoms with E-state index in [4.69, 9.17) is 9.47 Å². The Morgan fingerprint density at radius 1 is 1.29 bits per heavy atom.